The van der Waals surface area contributed by atoms with Crippen LogP contribution in [0.15, 0.2) is 11.4 Å². The number of hydrogen-bond donors (Lipinski definition) is 1. The van der Waals surface area contributed by atoms with Crippen LogP contribution in [0.3, 0.4) is 0 Å². The van der Waals surface area contributed by atoms with Crippen molar-refractivity contribution < 1.29 is 14.6 Å². The van der Waals surface area contributed by atoms with Crippen LogP contribution in [-0.4, -0.2) is 41.8 Å². The second-order valence-corrected chi connectivity index (χ2v) is 6.21. The van der Waals surface area contributed by atoms with E-state index in [0.29, 0.717) is 13.0 Å². The maximum atomic E-state index is 12.3. The van der Waals surface area contributed by atoms with E-state index in [1.807, 2.05) is 25.4 Å². The molecule has 1 fully saturated rings. The molecule has 114 valence electrons. The van der Waals surface area contributed by atoms with Gasteiger partial charge in [0, 0.05) is 20.0 Å². The first-order chi connectivity index (χ1) is 10.1. The second kappa shape index (κ2) is 7.60. The van der Waals surface area contributed by atoms with Crippen molar-refractivity contribution in [3.63, 3.8) is 0 Å². The third kappa shape index (κ3) is 4.57. The molecule has 1 N–H and O–H groups in total. The molecule has 0 aromatic carbocycles. The first kappa shape index (κ1) is 16.0. The summed E-state index contributed by atoms with van der Waals surface area (Å²) in [5, 5.41) is 10.7. The number of likely N-dealkylation sites (N-methyl/N-ethyl adjacent to an activating group) is 1. The van der Waals surface area contributed by atoms with E-state index in [4.69, 9.17) is 9.84 Å². The van der Waals surface area contributed by atoms with Crippen LogP contribution in [0.25, 0.3) is 0 Å². The smallest absolute Gasteiger partial charge is 0.251 e. The van der Waals surface area contributed by atoms with Crippen LogP contribution in [0.2, 0.25) is 0 Å². The molecule has 0 spiro atoms. The summed E-state index contributed by atoms with van der Waals surface area (Å²) in [5.41, 5.74) is 1.08. The van der Waals surface area contributed by atoms with Gasteiger partial charge in [0.2, 0.25) is 0 Å². The Morgan fingerprint density at radius 1 is 1.57 bits per heavy atom. The highest BCUT2D eigenvalue weighted by Crippen LogP contribution is 2.22. The summed E-state index contributed by atoms with van der Waals surface area (Å²) in [5.74, 6) is 5.96. The molecule has 1 aliphatic rings. The van der Waals surface area contributed by atoms with Crippen LogP contribution >= 0.6 is 11.3 Å². The van der Waals surface area contributed by atoms with Gasteiger partial charge in [0.1, 0.15) is 6.10 Å². The molecule has 1 amide bonds. The second-order valence-electron chi connectivity index (χ2n) is 5.30. The lowest BCUT2D eigenvalue weighted by Crippen LogP contribution is -2.35. The molecule has 0 aliphatic carbocycles. The summed E-state index contributed by atoms with van der Waals surface area (Å²) in [4.78, 5) is 14.9. The molecule has 4 nitrogen and oxygen atoms in total. The van der Waals surface area contributed by atoms with E-state index >= 15 is 0 Å². The van der Waals surface area contributed by atoms with E-state index in [2.05, 4.69) is 11.8 Å². The Balaban J connectivity index is 1.89. The maximum Gasteiger partial charge on any atom is 0.251 e. The van der Waals surface area contributed by atoms with Crippen LogP contribution in [0.1, 0.15) is 36.6 Å². The molecule has 0 radical (unpaired) electrons. The summed E-state index contributed by atoms with van der Waals surface area (Å²) in [6.45, 7) is 2.66. The minimum atomic E-state index is -0.285. The Labute approximate surface area is 129 Å². The van der Waals surface area contributed by atoms with Gasteiger partial charge in [0.15, 0.2) is 0 Å². The monoisotopic (exact) mass is 307 g/mol. The Bertz CT molecular complexity index is 543. The lowest BCUT2D eigenvalue weighted by atomic mass is 10.2. The molecular formula is C16H21NO3S. The standard InChI is InChI=1S/C16H21NO3S/c1-12-6-7-15(20-12)16(19)17(2)10-13-9-14(21-11-13)5-3-4-8-18/h9,11-12,15,18H,4,6-8,10H2,1-2H3. The van der Waals surface area contributed by atoms with Gasteiger partial charge < -0.3 is 14.7 Å². The maximum absolute atomic E-state index is 12.3. The van der Waals surface area contributed by atoms with E-state index in [1.165, 1.54) is 0 Å². The molecule has 2 unspecified atom stereocenters. The number of nitrogens with zero attached hydrogens (tertiary/aromatic N) is 1. The van der Waals surface area contributed by atoms with Crippen molar-refractivity contribution in [2.45, 2.75) is 44.9 Å². The average Bonchev–Trinajstić information content (AvgIpc) is 3.07. The fraction of sp³-hybridized carbons (Fsp3) is 0.562. The third-order valence-corrected chi connectivity index (χ3v) is 4.30. The van der Waals surface area contributed by atoms with Crippen molar-refractivity contribution >= 4 is 17.2 Å². The first-order valence-electron chi connectivity index (χ1n) is 7.17. The molecule has 0 saturated carbocycles. The summed E-state index contributed by atoms with van der Waals surface area (Å²) in [7, 11) is 1.81. The van der Waals surface area contributed by atoms with Gasteiger partial charge >= 0.3 is 0 Å². The van der Waals surface area contributed by atoms with E-state index in [9.17, 15) is 4.79 Å². The van der Waals surface area contributed by atoms with E-state index in [1.54, 1.807) is 16.2 Å². The molecule has 1 saturated heterocycles. The Hall–Kier alpha value is -1.35. The Morgan fingerprint density at radius 3 is 3.05 bits per heavy atom. The number of aliphatic hydroxyl groups excluding tert-OH is 1. The first-order valence-corrected chi connectivity index (χ1v) is 8.05. The average molecular weight is 307 g/mol. The Morgan fingerprint density at radius 2 is 2.38 bits per heavy atom. The van der Waals surface area contributed by atoms with E-state index in [0.717, 1.165) is 23.3 Å². The largest absolute Gasteiger partial charge is 0.395 e. The zero-order chi connectivity index (χ0) is 15.2. The summed E-state index contributed by atoms with van der Waals surface area (Å²) < 4.78 is 5.62. The zero-order valence-electron chi connectivity index (χ0n) is 12.5. The van der Waals surface area contributed by atoms with Crippen LogP contribution in [0.4, 0.5) is 0 Å². The van der Waals surface area contributed by atoms with Crippen LogP contribution in [0.5, 0.6) is 0 Å². The van der Waals surface area contributed by atoms with Gasteiger partial charge in [-0.05, 0) is 36.8 Å². The fourth-order valence-corrected chi connectivity index (χ4v) is 3.08. The van der Waals surface area contributed by atoms with Gasteiger partial charge in [-0.2, -0.15) is 0 Å². The van der Waals surface area contributed by atoms with Gasteiger partial charge in [-0.15, -0.1) is 11.3 Å². The topological polar surface area (TPSA) is 49.8 Å². The minimum Gasteiger partial charge on any atom is -0.395 e. The number of carbonyl (C=O) groups excluding carboxylic acids is 1. The lowest BCUT2D eigenvalue weighted by molar-refractivity contribution is -0.141. The molecule has 1 aromatic rings. The Kier molecular flexibility index (Phi) is 5.80. The summed E-state index contributed by atoms with van der Waals surface area (Å²) in [6, 6.07) is 2.00. The highest BCUT2D eigenvalue weighted by molar-refractivity contribution is 7.10. The van der Waals surface area contributed by atoms with Gasteiger partial charge in [0.25, 0.3) is 5.91 Å². The molecule has 1 aliphatic heterocycles. The molecule has 1 aromatic heterocycles. The van der Waals surface area contributed by atoms with E-state index in [-0.39, 0.29) is 24.7 Å². The van der Waals surface area contributed by atoms with Crippen molar-refractivity contribution in [2.75, 3.05) is 13.7 Å². The van der Waals surface area contributed by atoms with Crippen LogP contribution < -0.4 is 0 Å². The van der Waals surface area contributed by atoms with E-state index < -0.39 is 0 Å². The molecule has 2 rings (SSSR count). The van der Waals surface area contributed by atoms with Crippen LogP contribution in [-0.2, 0) is 16.1 Å². The fourth-order valence-electron chi connectivity index (χ4n) is 2.31. The number of thiophene rings is 1. The molecule has 0 bridgehead atoms. The molecule has 21 heavy (non-hydrogen) atoms. The summed E-state index contributed by atoms with van der Waals surface area (Å²) >= 11 is 1.56. The minimum absolute atomic E-state index is 0.0541. The molecule has 2 atom stereocenters. The number of amides is 1. The number of rotatable bonds is 4. The van der Waals surface area contributed by atoms with Crippen molar-refractivity contribution in [1.29, 1.82) is 0 Å². The molecule has 5 heteroatoms. The highest BCUT2D eigenvalue weighted by Gasteiger charge is 2.30. The number of carbonyl (C=O) groups is 1. The number of hydrogen-bond acceptors (Lipinski definition) is 4. The lowest BCUT2D eigenvalue weighted by Gasteiger charge is -2.20. The van der Waals surface area contributed by atoms with Crippen molar-refractivity contribution in [2.24, 2.45) is 0 Å². The van der Waals surface area contributed by atoms with Gasteiger partial charge in [-0.3, -0.25) is 4.79 Å². The SMILES string of the molecule is CC1CCC(C(=O)N(C)Cc2csc(C#CCCO)c2)O1. The number of ether oxygens (including phenoxy) is 1. The van der Waals surface area contributed by atoms with Gasteiger partial charge in [0.05, 0.1) is 17.6 Å². The predicted molar refractivity (Wildman–Crippen MR) is 82.9 cm³/mol. The number of aliphatic hydroxyl groups is 1. The predicted octanol–water partition coefficient (Wildman–Crippen LogP) is 2.01. The molecular weight excluding hydrogens is 286 g/mol. The summed E-state index contributed by atoms with van der Waals surface area (Å²) in [6.07, 6.45) is 2.15. The highest BCUT2D eigenvalue weighted by atomic mass is 32.1. The molecule has 2 heterocycles. The quantitative estimate of drug-likeness (QED) is 0.866. The van der Waals surface area contributed by atoms with Crippen molar-refractivity contribution in [1.82, 2.24) is 4.90 Å². The normalized spacial score (nSPS) is 20.9. The van der Waals surface area contributed by atoms with Crippen molar-refractivity contribution in [3.05, 3.63) is 21.9 Å². The van der Waals surface area contributed by atoms with Gasteiger partial charge in [-0.1, -0.05) is 11.8 Å². The van der Waals surface area contributed by atoms with Gasteiger partial charge in [-0.25, -0.2) is 0 Å². The zero-order valence-corrected chi connectivity index (χ0v) is 13.3. The third-order valence-electron chi connectivity index (χ3n) is 3.41. The van der Waals surface area contributed by atoms with Crippen molar-refractivity contribution in [3.8, 4) is 11.8 Å². The van der Waals surface area contributed by atoms with Crippen LogP contribution in [0, 0.1) is 11.8 Å².